The first kappa shape index (κ1) is 18.4. The van der Waals surface area contributed by atoms with E-state index in [4.69, 9.17) is 0 Å². The SMILES string of the molecule is CCC(C)Nc1ccc(S(=O)(=O)NC(C)(C)C)cc1C(=O)O. The molecule has 0 bridgehead atoms. The molecule has 0 aliphatic carbocycles. The Morgan fingerprint density at radius 1 is 1.32 bits per heavy atom. The van der Waals surface area contributed by atoms with Crippen LogP contribution in [0.3, 0.4) is 0 Å². The Hall–Kier alpha value is -1.60. The Morgan fingerprint density at radius 3 is 2.36 bits per heavy atom. The summed E-state index contributed by atoms with van der Waals surface area (Å²) < 4.78 is 27.1. The van der Waals surface area contributed by atoms with Gasteiger partial charge in [0, 0.05) is 17.3 Å². The monoisotopic (exact) mass is 328 g/mol. The summed E-state index contributed by atoms with van der Waals surface area (Å²) in [5, 5.41) is 12.4. The van der Waals surface area contributed by atoms with E-state index in [2.05, 4.69) is 10.0 Å². The quantitative estimate of drug-likeness (QED) is 0.746. The first-order valence-corrected chi connectivity index (χ1v) is 8.62. The lowest BCUT2D eigenvalue weighted by atomic mass is 10.1. The van der Waals surface area contributed by atoms with Crippen LogP contribution < -0.4 is 10.0 Å². The maximum absolute atomic E-state index is 12.3. The predicted molar refractivity (Wildman–Crippen MR) is 86.9 cm³/mol. The van der Waals surface area contributed by atoms with Crippen LogP contribution in [-0.4, -0.2) is 31.1 Å². The second-order valence-corrected chi connectivity index (χ2v) is 8.00. The van der Waals surface area contributed by atoms with Gasteiger partial charge in [0.2, 0.25) is 10.0 Å². The Kier molecular flexibility index (Phi) is 5.59. The highest BCUT2D eigenvalue weighted by atomic mass is 32.2. The number of rotatable bonds is 6. The van der Waals surface area contributed by atoms with Crippen molar-refractivity contribution in [2.24, 2.45) is 0 Å². The van der Waals surface area contributed by atoms with Gasteiger partial charge in [0.15, 0.2) is 0 Å². The number of carboxylic acid groups (broad SMARTS) is 1. The summed E-state index contributed by atoms with van der Waals surface area (Å²) >= 11 is 0. The average molecular weight is 328 g/mol. The molecule has 0 saturated carbocycles. The van der Waals surface area contributed by atoms with Gasteiger partial charge in [-0.2, -0.15) is 0 Å². The minimum Gasteiger partial charge on any atom is -0.478 e. The van der Waals surface area contributed by atoms with E-state index in [0.717, 1.165) is 6.42 Å². The number of aromatic carboxylic acids is 1. The summed E-state index contributed by atoms with van der Waals surface area (Å²) in [6, 6.07) is 4.17. The third-order valence-corrected chi connectivity index (χ3v) is 4.74. The molecule has 6 nitrogen and oxygen atoms in total. The number of carboxylic acids is 1. The number of hydrogen-bond donors (Lipinski definition) is 3. The molecule has 22 heavy (non-hydrogen) atoms. The molecule has 0 spiro atoms. The molecule has 0 fully saturated rings. The maximum atomic E-state index is 12.3. The molecule has 0 aliphatic rings. The lowest BCUT2D eigenvalue weighted by molar-refractivity contribution is 0.0697. The van der Waals surface area contributed by atoms with Gasteiger partial charge < -0.3 is 10.4 Å². The molecule has 1 unspecified atom stereocenters. The van der Waals surface area contributed by atoms with Crippen LogP contribution in [0.15, 0.2) is 23.1 Å². The van der Waals surface area contributed by atoms with E-state index in [9.17, 15) is 18.3 Å². The highest BCUT2D eigenvalue weighted by Gasteiger charge is 2.24. The molecule has 1 aromatic carbocycles. The van der Waals surface area contributed by atoms with Crippen LogP contribution in [-0.2, 0) is 10.0 Å². The first-order chi connectivity index (χ1) is 9.96. The predicted octanol–water partition coefficient (Wildman–Crippen LogP) is 2.67. The summed E-state index contributed by atoms with van der Waals surface area (Å²) in [7, 11) is -3.77. The molecule has 3 N–H and O–H groups in total. The Labute approximate surface area is 132 Å². The van der Waals surface area contributed by atoms with Gasteiger partial charge in [-0.3, -0.25) is 0 Å². The van der Waals surface area contributed by atoms with Gasteiger partial charge in [-0.25, -0.2) is 17.9 Å². The molecule has 124 valence electrons. The summed E-state index contributed by atoms with van der Waals surface area (Å²) in [5.74, 6) is -1.17. The van der Waals surface area contributed by atoms with Crippen molar-refractivity contribution < 1.29 is 18.3 Å². The van der Waals surface area contributed by atoms with Crippen LogP contribution in [0.1, 0.15) is 51.4 Å². The number of nitrogens with one attached hydrogen (secondary N) is 2. The van der Waals surface area contributed by atoms with Crippen LogP contribution >= 0.6 is 0 Å². The first-order valence-electron chi connectivity index (χ1n) is 7.14. The van der Waals surface area contributed by atoms with Crippen LogP contribution in [0, 0.1) is 0 Å². The van der Waals surface area contributed by atoms with Crippen molar-refractivity contribution in [2.45, 2.75) is 57.5 Å². The third kappa shape index (κ3) is 4.99. The second kappa shape index (κ2) is 6.66. The lowest BCUT2D eigenvalue weighted by Crippen LogP contribution is -2.40. The van der Waals surface area contributed by atoms with E-state index in [1.54, 1.807) is 20.8 Å². The zero-order valence-electron chi connectivity index (χ0n) is 13.6. The van der Waals surface area contributed by atoms with Crippen molar-refractivity contribution in [1.82, 2.24) is 4.72 Å². The number of anilines is 1. The molecular weight excluding hydrogens is 304 g/mol. The fourth-order valence-corrected chi connectivity index (χ4v) is 3.27. The van der Waals surface area contributed by atoms with Gasteiger partial charge in [0.1, 0.15) is 0 Å². The molecule has 0 amide bonds. The fraction of sp³-hybridized carbons (Fsp3) is 0.533. The van der Waals surface area contributed by atoms with Crippen LogP contribution in [0.2, 0.25) is 0 Å². The van der Waals surface area contributed by atoms with E-state index < -0.39 is 21.5 Å². The third-order valence-electron chi connectivity index (χ3n) is 2.99. The van der Waals surface area contributed by atoms with Crippen molar-refractivity contribution >= 4 is 21.7 Å². The fourth-order valence-electron chi connectivity index (χ4n) is 1.82. The molecule has 1 aromatic rings. The maximum Gasteiger partial charge on any atom is 0.337 e. The number of hydrogen-bond acceptors (Lipinski definition) is 4. The molecular formula is C15H24N2O4S. The molecule has 0 aromatic heterocycles. The van der Waals surface area contributed by atoms with Crippen molar-refractivity contribution in [3.8, 4) is 0 Å². The largest absolute Gasteiger partial charge is 0.478 e. The van der Waals surface area contributed by atoms with Crippen molar-refractivity contribution in [2.75, 3.05) is 5.32 Å². The van der Waals surface area contributed by atoms with Gasteiger partial charge in [0.05, 0.1) is 10.5 Å². The molecule has 0 aliphatic heterocycles. The number of sulfonamides is 1. The Balaban J connectivity index is 3.26. The topological polar surface area (TPSA) is 95.5 Å². The minimum absolute atomic E-state index is 0.0583. The zero-order valence-corrected chi connectivity index (χ0v) is 14.4. The zero-order chi connectivity index (χ0) is 17.1. The van der Waals surface area contributed by atoms with Gasteiger partial charge >= 0.3 is 5.97 Å². The summed E-state index contributed by atoms with van der Waals surface area (Å²) in [5.41, 5.74) is -0.288. The molecule has 7 heteroatoms. The molecule has 0 saturated heterocycles. The van der Waals surface area contributed by atoms with Gasteiger partial charge in [-0.15, -0.1) is 0 Å². The van der Waals surface area contributed by atoms with Crippen LogP contribution in [0.5, 0.6) is 0 Å². The van der Waals surface area contributed by atoms with Gasteiger partial charge in [0.25, 0.3) is 0 Å². The van der Waals surface area contributed by atoms with Crippen LogP contribution in [0.4, 0.5) is 5.69 Å². The summed E-state index contributed by atoms with van der Waals surface area (Å²) in [6.45, 7) is 9.08. The smallest absolute Gasteiger partial charge is 0.337 e. The second-order valence-electron chi connectivity index (χ2n) is 6.32. The Morgan fingerprint density at radius 2 is 1.91 bits per heavy atom. The standard InChI is InChI=1S/C15H24N2O4S/c1-6-10(2)16-13-8-7-11(9-12(13)14(18)19)22(20,21)17-15(3,4)5/h7-10,16-17H,6H2,1-5H3,(H,18,19). The summed E-state index contributed by atoms with van der Waals surface area (Å²) in [6.07, 6.45) is 0.824. The lowest BCUT2D eigenvalue weighted by Gasteiger charge is -2.21. The molecule has 0 heterocycles. The van der Waals surface area contributed by atoms with E-state index in [1.807, 2.05) is 13.8 Å². The highest BCUT2D eigenvalue weighted by Crippen LogP contribution is 2.22. The van der Waals surface area contributed by atoms with Gasteiger partial charge in [-0.1, -0.05) is 6.92 Å². The Bertz CT molecular complexity index is 648. The highest BCUT2D eigenvalue weighted by molar-refractivity contribution is 7.89. The van der Waals surface area contributed by atoms with E-state index >= 15 is 0 Å². The van der Waals surface area contributed by atoms with E-state index in [-0.39, 0.29) is 16.5 Å². The van der Waals surface area contributed by atoms with Gasteiger partial charge in [-0.05, 0) is 52.3 Å². The summed E-state index contributed by atoms with van der Waals surface area (Å²) in [4.78, 5) is 11.3. The normalized spacial score (nSPS) is 13.7. The molecule has 1 rings (SSSR count). The van der Waals surface area contributed by atoms with E-state index in [1.165, 1.54) is 18.2 Å². The van der Waals surface area contributed by atoms with Crippen molar-refractivity contribution in [1.29, 1.82) is 0 Å². The number of carbonyl (C=O) groups is 1. The average Bonchev–Trinajstić information content (AvgIpc) is 2.35. The molecule has 1 atom stereocenters. The number of benzene rings is 1. The van der Waals surface area contributed by atoms with E-state index in [0.29, 0.717) is 5.69 Å². The van der Waals surface area contributed by atoms with Crippen LogP contribution in [0.25, 0.3) is 0 Å². The minimum atomic E-state index is -3.77. The van der Waals surface area contributed by atoms with Crippen molar-refractivity contribution in [3.05, 3.63) is 23.8 Å². The van der Waals surface area contributed by atoms with Crippen molar-refractivity contribution in [3.63, 3.8) is 0 Å². The molecule has 0 radical (unpaired) electrons.